The molecular formula is C21H23N3O9. The van der Waals surface area contributed by atoms with E-state index in [4.69, 9.17) is 18.9 Å². The van der Waals surface area contributed by atoms with Crippen molar-refractivity contribution in [1.82, 2.24) is 14.1 Å². The van der Waals surface area contributed by atoms with Crippen LogP contribution in [0.3, 0.4) is 0 Å². The maximum atomic E-state index is 13.2. The Bertz CT molecular complexity index is 1140. The Morgan fingerprint density at radius 1 is 1.00 bits per heavy atom. The molecule has 12 heteroatoms. The van der Waals surface area contributed by atoms with Gasteiger partial charge in [-0.25, -0.2) is 4.79 Å². The molecule has 0 amide bonds. The Hall–Kier alpha value is -3.80. The fourth-order valence-electron chi connectivity index (χ4n) is 3.44. The van der Waals surface area contributed by atoms with Crippen molar-refractivity contribution in [3.63, 3.8) is 0 Å². The van der Waals surface area contributed by atoms with Crippen LogP contribution in [-0.4, -0.2) is 56.9 Å². The Morgan fingerprint density at radius 3 is 2.30 bits per heavy atom. The van der Waals surface area contributed by atoms with Gasteiger partial charge in [0.1, 0.15) is 12.7 Å². The first-order valence-electron chi connectivity index (χ1n) is 10.0. The lowest BCUT2D eigenvalue weighted by Gasteiger charge is -2.24. The second-order valence-electron chi connectivity index (χ2n) is 7.27. The maximum Gasteiger partial charge on any atom is 0.333 e. The third-order valence-electron chi connectivity index (χ3n) is 4.76. The largest absolute Gasteiger partial charge is 0.463 e. The van der Waals surface area contributed by atoms with Crippen LogP contribution >= 0.6 is 0 Å². The standard InChI is InChI=1S/C21H23N3O9/c1-12(25)30-11-16-18(31-13(2)26)19(32-14(3)27)20(33-16)23-9-7-17(28)24(21(23)29)10-15-6-4-5-8-22-15/h4-9,16,18-20H,10-11H2,1-3H3/t16-,18?,19?,20-/m1/s1. The van der Waals surface area contributed by atoms with Crippen LogP contribution in [0.4, 0.5) is 0 Å². The first-order chi connectivity index (χ1) is 15.7. The van der Waals surface area contributed by atoms with Gasteiger partial charge in [0.25, 0.3) is 5.56 Å². The molecule has 33 heavy (non-hydrogen) atoms. The van der Waals surface area contributed by atoms with Crippen molar-refractivity contribution in [2.24, 2.45) is 0 Å². The highest BCUT2D eigenvalue weighted by atomic mass is 16.7. The summed E-state index contributed by atoms with van der Waals surface area (Å²) in [6.07, 6.45) is -1.98. The van der Waals surface area contributed by atoms with Crippen LogP contribution in [-0.2, 0) is 39.9 Å². The van der Waals surface area contributed by atoms with E-state index in [9.17, 15) is 24.0 Å². The molecular weight excluding hydrogens is 438 g/mol. The summed E-state index contributed by atoms with van der Waals surface area (Å²) in [5, 5.41) is 0. The molecule has 1 saturated heterocycles. The van der Waals surface area contributed by atoms with E-state index in [0.717, 1.165) is 29.0 Å². The predicted molar refractivity (Wildman–Crippen MR) is 110 cm³/mol. The molecule has 1 fully saturated rings. The highest BCUT2D eigenvalue weighted by Gasteiger charge is 2.51. The van der Waals surface area contributed by atoms with Crippen molar-refractivity contribution >= 4 is 17.9 Å². The SMILES string of the molecule is CC(=O)OC[C@H]1O[C@@H](n2ccc(=O)n(Cc3ccccn3)c2=O)C(OC(C)=O)C1OC(C)=O. The van der Waals surface area contributed by atoms with E-state index in [2.05, 4.69) is 4.98 Å². The molecule has 2 aromatic heterocycles. The lowest BCUT2D eigenvalue weighted by atomic mass is 10.1. The van der Waals surface area contributed by atoms with Gasteiger partial charge in [-0.15, -0.1) is 0 Å². The van der Waals surface area contributed by atoms with Crippen LogP contribution in [0.1, 0.15) is 32.7 Å². The van der Waals surface area contributed by atoms with Gasteiger partial charge in [0.2, 0.25) is 0 Å². The molecule has 3 heterocycles. The van der Waals surface area contributed by atoms with Crippen molar-refractivity contribution in [3.05, 3.63) is 63.2 Å². The van der Waals surface area contributed by atoms with E-state index in [1.807, 2.05) is 0 Å². The second-order valence-corrected chi connectivity index (χ2v) is 7.27. The average molecular weight is 461 g/mol. The molecule has 1 aliphatic rings. The number of pyridine rings is 1. The number of carbonyl (C=O) groups is 3. The van der Waals surface area contributed by atoms with E-state index < -0.39 is 53.7 Å². The summed E-state index contributed by atoms with van der Waals surface area (Å²) in [5.74, 6) is -2.01. The molecule has 176 valence electrons. The summed E-state index contributed by atoms with van der Waals surface area (Å²) < 4.78 is 23.4. The Balaban J connectivity index is 2.02. The highest BCUT2D eigenvalue weighted by Crippen LogP contribution is 2.33. The van der Waals surface area contributed by atoms with Crippen LogP contribution < -0.4 is 11.2 Å². The quantitative estimate of drug-likeness (QED) is 0.401. The number of aromatic nitrogens is 3. The average Bonchev–Trinajstić information content (AvgIpc) is 3.06. The molecule has 0 aromatic carbocycles. The van der Waals surface area contributed by atoms with Gasteiger partial charge in [-0.2, -0.15) is 0 Å². The summed E-state index contributed by atoms with van der Waals surface area (Å²) in [6, 6.07) is 6.22. The monoisotopic (exact) mass is 461 g/mol. The summed E-state index contributed by atoms with van der Waals surface area (Å²) >= 11 is 0. The zero-order valence-corrected chi connectivity index (χ0v) is 18.2. The Kier molecular flexibility index (Phi) is 7.38. The number of carbonyl (C=O) groups excluding carboxylic acids is 3. The van der Waals surface area contributed by atoms with Crippen LogP contribution in [0.2, 0.25) is 0 Å². The minimum atomic E-state index is -1.26. The summed E-state index contributed by atoms with van der Waals surface area (Å²) in [4.78, 5) is 64.4. The van der Waals surface area contributed by atoms with Crippen LogP contribution in [0.25, 0.3) is 0 Å². The molecule has 2 unspecified atom stereocenters. The molecule has 0 radical (unpaired) electrons. The lowest BCUT2D eigenvalue weighted by molar-refractivity contribution is -0.166. The molecule has 2 aromatic rings. The number of esters is 3. The molecule has 1 aliphatic heterocycles. The van der Waals surface area contributed by atoms with Gasteiger partial charge in [-0.3, -0.25) is 33.3 Å². The Morgan fingerprint density at radius 2 is 1.70 bits per heavy atom. The van der Waals surface area contributed by atoms with Gasteiger partial charge in [-0.05, 0) is 12.1 Å². The number of ether oxygens (including phenoxy) is 4. The molecule has 12 nitrogen and oxygen atoms in total. The number of hydrogen-bond donors (Lipinski definition) is 0. The van der Waals surface area contributed by atoms with Crippen molar-refractivity contribution in [2.75, 3.05) is 6.61 Å². The highest BCUT2D eigenvalue weighted by molar-refractivity contribution is 5.68. The number of hydrogen-bond acceptors (Lipinski definition) is 10. The number of rotatable bonds is 7. The van der Waals surface area contributed by atoms with Crippen molar-refractivity contribution in [1.29, 1.82) is 0 Å². The lowest BCUT2D eigenvalue weighted by Crippen LogP contribution is -2.45. The van der Waals surface area contributed by atoms with Gasteiger partial charge < -0.3 is 18.9 Å². The molecule has 0 bridgehead atoms. The maximum absolute atomic E-state index is 13.2. The van der Waals surface area contributed by atoms with Gasteiger partial charge in [0.05, 0.1) is 12.2 Å². The van der Waals surface area contributed by atoms with E-state index in [1.165, 1.54) is 19.3 Å². The van der Waals surface area contributed by atoms with E-state index in [1.54, 1.807) is 18.2 Å². The van der Waals surface area contributed by atoms with Gasteiger partial charge in [-0.1, -0.05) is 6.07 Å². The third kappa shape index (κ3) is 5.71. The van der Waals surface area contributed by atoms with Crippen molar-refractivity contribution < 1.29 is 33.3 Å². The van der Waals surface area contributed by atoms with Gasteiger partial charge in [0, 0.05) is 39.2 Å². The fourth-order valence-corrected chi connectivity index (χ4v) is 3.44. The first kappa shape index (κ1) is 23.9. The van der Waals surface area contributed by atoms with Crippen molar-refractivity contribution in [3.8, 4) is 0 Å². The molecule has 0 N–H and O–H groups in total. The fraction of sp³-hybridized carbons (Fsp3) is 0.429. The van der Waals surface area contributed by atoms with Crippen LogP contribution in [0, 0.1) is 0 Å². The van der Waals surface area contributed by atoms with E-state index in [-0.39, 0.29) is 13.2 Å². The number of nitrogens with zero attached hydrogens (tertiary/aromatic N) is 3. The van der Waals surface area contributed by atoms with Crippen LogP contribution in [0.5, 0.6) is 0 Å². The van der Waals surface area contributed by atoms with E-state index >= 15 is 0 Å². The minimum Gasteiger partial charge on any atom is -0.463 e. The zero-order chi connectivity index (χ0) is 24.1. The second kappa shape index (κ2) is 10.2. The predicted octanol–water partition coefficient (Wildman–Crippen LogP) is -0.223. The Labute approximate surface area is 187 Å². The molecule has 0 spiro atoms. The topological polar surface area (TPSA) is 145 Å². The van der Waals surface area contributed by atoms with Gasteiger partial charge >= 0.3 is 23.6 Å². The molecule has 0 saturated carbocycles. The minimum absolute atomic E-state index is 0.103. The van der Waals surface area contributed by atoms with Crippen LogP contribution in [0.15, 0.2) is 46.2 Å². The molecule has 4 atom stereocenters. The summed E-state index contributed by atoms with van der Waals surface area (Å²) in [6.45, 7) is 3.07. The molecule has 0 aliphatic carbocycles. The third-order valence-corrected chi connectivity index (χ3v) is 4.76. The summed E-state index contributed by atoms with van der Waals surface area (Å²) in [7, 11) is 0. The van der Waals surface area contributed by atoms with E-state index in [0.29, 0.717) is 5.69 Å². The van der Waals surface area contributed by atoms with Crippen molar-refractivity contribution in [2.45, 2.75) is 51.9 Å². The van der Waals surface area contributed by atoms with Gasteiger partial charge in [0.15, 0.2) is 18.4 Å². The smallest absolute Gasteiger partial charge is 0.333 e. The zero-order valence-electron chi connectivity index (χ0n) is 18.2. The normalized spacial score (nSPS) is 21.9. The molecule has 3 rings (SSSR count). The summed E-state index contributed by atoms with van der Waals surface area (Å²) in [5.41, 5.74) is -0.856. The first-order valence-corrected chi connectivity index (χ1v) is 10.0.